The summed E-state index contributed by atoms with van der Waals surface area (Å²) >= 11 is 1.59. The Bertz CT molecular complexity index is 971. The molecule has 0 atom stereocenters. The summed E-state index contributed by atoms with van der Waals surface area (Å²) in [6.45, 7) is 7.77. The van der Waals surface area contributed by atoms with Gasteiger partial charge in [-0.3, -0.25) is 0 Å². The van der Waals surface area contributed by atoms with Crippen molar-refractivity contribution in [3.8, 4) is 16.3 Å². The summed E-state index contributed by atoms with van der Waals surface area (Å²) in [5, 5.41) is 0.929. The summed E-state index contributed by atoms with van der Waals surface area (Å²) in [6, 6.07) is 13.8. The smallest absolute Gasteiger partial charge is 0.491 e. The maximum absolute atomic E-state index is 12.3. The van der Waals surface area contributed by atoms with Crippen LogP contribution in [0.2, 0.25) is 0 Å². The van der Waals surface area contributed by atoms with Gasteiger partial charge in [-0.1, -0.05) is 24.3 Å². The van der Waals surface area contributed by atoms with Crippen LogP contribution in [0.25, 0.3) is 20.8 Å². The van der Waals surface area contributed by atoms with Crippen LogP contribution in [-0.2, 0) is 9.31 Å². The molecule has 1 aromatic heterocycles. The highest BCUT2D eigenvalue weighted by molar-refractivity contribution is 7.21. The number of benzene rings is 2. The molecule has 0 amide bonds. The second-order valence-electron chi connectivity index (χ2n) is 7.90. The number of alkyl halides is 1. The molecule has 0 saturated carbocycles. The second kappa shape index (κ2) is 7.14. The summed E-state index contributed by atoms with van der Waals surface area (Å²) in [5.74, 6) is 0.663. The van der Waals surface area contributed by atoms with Gasteiger partial charge in [0.25, 0.3) is 0 Å². The highest BCUT2D eigenvalue weighted by Crippen LogP contribution is 2.37. The molecule has 2 aromatic carbocycles. The fourth-order valence-electron chi connectivity index (χ4n) is 3.04. The maximum atomic E-state index is 12.3. The zero-order valence-corrected chi connectivity index (χ0v) is 17.3. The molecule has 0 unspecified atom stereocenters. The van der Waals surface area contributed by atoms with E-state index >= 15 is 0 Å². The molecule has 146 valence electrons. The van der Waals surface area contributed by atoms with Gasteiger partial charge in [0, 0.05) is 5.56 Å². The standard InChI is InChI=1S/C21H23BFNO3S/c1-20(2)21(3,4)27-22(26-20)15-7-5-14(6-8-15)19-24-17-10-9-16(25-12-11-23)13-18(17)28-19/h5-10,13H,11-12H2,1-4H3. The Morgan fingerprint density at radius 2 is 1.71 bits per heavy atom. The SMILES string of the molecule is CC1(C)OB(c2ccc(-c3nc4ccc(OCCF)cc4s3)cc2)OC1(C)C. The topological polar surface area (TPSA) is 40.6 Å². The van der Waals surface area contributed by atoms with Crippen molar-refractivity contribution in [1.82, 2.24) is 4.98 Å². The fraction of sp³-hybridized carbons (Fsp3) is 0.381. The third-order valence-corrected chi connectivity index (χ3v) is 6.46. The van der Waals surface area contributed by atoms with Crippen molar-refractivity contribution in [2.75, 3.05) is 13.3 Å². The first-order chi connectivity index (χ1) is 13.3. The van der Waals surface area contributed by atoms with E-state index in [0.29, 0.717) is 5.75 Å². The van der Waals surface area contributed by atoms with Gasteiger partial charge in [-0.25, -0.2) is 9.37 Å². The number of nitrogens with zero attached hydrogens (tertiary/aromatic N) is 1. The Morgan fingerprint density at radius 3 is 2.36 bits per heavy atom. The molecule has 0 N–H and O–H groups in total. The van der Waals surface area contributed by atoms with E-state index in [2.05, 4.69) is 0 Å². The van der Waals surface area contributed by atoms with E-state index in [0.717, 1.165) is 26.3 Å². The van der Waals surface area contributed by atoms with Crippen LogP contribution in [0.3, 0.4) is 0 Å². The lowest BCUT2D eigenvalue weighted by Crippen LogP contribution is -2.41. The third kappa shape index (κ3) is 3.54. The Hall–Kier alpha value is -1.96. The Morgan fingerprint density at radius 1 is 1.04 bits per heavy atom. The maximum Gasteiger partial charge on any atom is 0.494 e. The molecule has 4 nitrogen and oxygen atoms in total. The number of halogens is 1. The number of rotatable bonds is 5. The lowest BCUT2D eigenvalue weighted by molar-refractivity contribution is 0.00578. The quantitative estimate of drug-likeness (QED) is 0.588. The predicted molar refractivity (Wildman–Crippen MR) is 112 cm³/mol. The molecule has 0 radical (unpaired) electrons. The van der Waals surface area contributed by atoms with E-state index in [1.165, 1.54) is 0 Å². The Labute approximate surface area is 168 Å². The normalized spacial score (nSPS) is 18.0. The highest BCUT2D eigenvalue weighted by atomic mass is 32.1. The number of ether oxygens (including phenoxy) is 1. The molecule has 0 spiro atoms. The van der Waals surface area contributed by atoms with Gasteiger partial charge in [0.05, 0.1) is 21.4 Å². The van der Waals surface area contributed by atoms with E-state index in [1.807, 2.05) is 70.2 Å². The first-order valence-corrected chi connectivity index (χ1v) is 10.2. The molecular weight excluding hydrogens is 376 g/mol. The zero-order chi connectivity index (χ0) is 19.9. The number of hydrogen-bond donors (Lipinski definition) is 0. The molecule has 28 heavy (non-hydrogen) atoms. The van der Waals surface area contributed by atoms with Crippen LogP contribution in [0.1, 0.15) is 27.7 Å². The van der Waals surface area contributed by atoms with E-state index in [9.17, 15) is 4.39 Å². The van der Waals surface area contributed by atoms with Gasteiger partial charge in [0.1, 0.15) is 24.0 Å². The van der Waals surface area contributed by atoms with Crippen LogP contribution < -0.4 is 10.2 Å². The summed E-state index contributed by atoms with van der Waals surface area (Å²) < 4.78 is 30.9. The van der Waals surface area contributed by atoms with Gasteiger partial charge < -0.3 is 14.0 Å². The largest absolute Gasteiger partial charge is 0.494 e. The number of thiazole rings is 1. The molecule has 1 aliphatic heterocycles. The average molecular weight is 399 g/mol. The molecule has 2 heterocycles. The van der Waals surface area contributed by atoms with Crippen LogP contribution in [0, 0.1) is 0 Å². The van der Waals surface area contributed by atoms with Crippen molar-refractivity contribution in [2.45, 2.75) is 38.9 Å². The monoisotopic (exact) mass is 399 g/mol. The summed E-state index contributed by atoms with van der Waals surface area (Å²) in [7, 11) is -0.371. The molecular formula is C21H23BFNO3S. The van der Waals surface area contributed by atoms with Crippen LogP contribution in [0.4, 0.5) is 4.39 Å². The van der Waals surface area contributed by atoms with Gasteiger partial charge in [-0.15, -0.1) is 11.3 Å². The van der Waals surface area contributed by atoms with Crippen molar-refractivity contribution >= 4 is 34.1 Å². The lowest BCUT2D eigenvalue weighted by Gasteiger charge is -2.32. The van der Waals surface area contributed by atoms with Crippen LogP contribution >= 0.6 is 11.3 Å². The van der Waals surface area contributed by atoms with Crippen LogP contribution in [0.15, 0.2) is 42.5 Å². The van der Waals surface area contributed by atoms with E-state index in [4.69, 9.17) is 19.0 Å². The average Bonchev–Trinajstić information content (AvgIpc) is 3.17. The van der Waals surface area contributed by atoms with Crippen molar-refractivity contribution in [1.29, 1.82) is 0 Å². The minimum absolute atomic E-state index is 0.0670. The van der Waals surface area contributed by atoms with Gasteiger partial charge in [0.2, 0.25) is 0 Å². The molecule has 7 heteroatoms. The first kappa shape index (κ1) is 19.4. The second-order valence-corrected chi connectivity index (χ2v) is 8.93. The molecule has 1 saturated heterocycles. The molecule has 3 aromatic rings. The number of hydrogen-bond acceptors (Lipinski definition) is 5. The fourth-order valence-corrected chi connectivity index (χ4v) is 4.04. The van der Waals surface area contributed by atoms with Crippen molar-refractivity contribution in [3.05, 3.63) is 42.5 Å². The van der Waals surface area contributed by atoms with Gasteiger partial charge >= 0.3 is 7.12 Å². The van der Waals surface area contributed by atoms with Gasteiger partial charge in [-0.05, 0) is 51.4 Å². The lowest BCUT2D eigenvalue weighted by atomic mass is 9.79. The van der Waals surface area contributed by atoms with Gasteiger partial charge in [-0.2, -0.15) is 0 Å². The third-order valence-electron chi connectivity index (χ3n) is 5.39. The van der Waals surface area contributed by atoms with Crippen LogP contribution in [-0.4, -0.2) is 36.6 Å². The summed E-state index contributed by atoms with van der Waals surface area (Å²) in [5.41, 5.74) is 2.22. The minimum Gasteiger partial charge on any atom is -0.491 e. The number of fused-ring (bicyclic) bond motifs is 1. The summed E-state index contributed by atoms with van der Waals surface area (Å²) in [6.07, 6.45) is 0. The molecule has 1 aliphatic rings. The molecule has 0 aliphatic carbocycles. The van der Waals surface area contributed by atoms with E-state index in [1.54, 1.807) is 11.3 Å². The minimum atomic E-state index is -0.499. The highest BCUT2D eigenvalue weighted by Gasteiger charge is 2.51. The molecule has 0 bridgehead atoms. The van der Waals surface area contributed by atoms with Crippen LogP contribution in [0.5, 0.6) is 5.75 Å². The van der Waals surface area contributed by atoms with Gasteiger partial charge in [0.15, 0.2) is 0 Å². The van der Waals surface area contributed by atoms with Crippen molar-refractivity contribution in [2.24, 2.45) is 0 Å². The Balaban J connectivity index is 1.56. The van der Waals surface area contributed by atoms with Crippen molar-refractivity contribution < 1.29 is 18.4 Å². The summed E-state index contributed by atoms with van der Waals surface area (Å²) in [4.78, 5) is 4.70. The Kier molecular flexibility index (Phi) is 4.94. The molecule has 4 rings (SSSR count). The predicted octanol–water partition coefficient (Wildman–Crippen LogP) is 4.61. The first-order valence-electron chi connectivity index (χ1n) is 9.34. The van der Waals surface area contributed by atoms with Crippen molar-refractivity contribution in [3.63, 3.8) is 0 Å². The number of aromatic nitrogens is 1. The van der Waals surface area contributed by atoms with E-state index < -0.39 is 6.67 Å². The van der Waals surface area contributed by atoms with E-state index in [-0.39, 0.29) is 24.9 Å². The molecule has 1 fully saturated rings. The zero-order valence-electron chi connectivity index (χ0n) is 16.5.